The third kappa shape index (κ3) is 2.72. The molecule has 0 saturated heterocycles. The topological polar surface area (TPSA) is 53.1 Å². The predicted molar refractivity (Wildman–Crippen MR) is 70.8 cm³/mol. The van der Waals surface area contributed by atoms with Crippen LogP contribution in [0.2, 0.25) is 0 Å². The summed E-state index contributed by atoms with van der Waals surface area (Å²) in [6.07, 6.45) is 3.24. The Morgan fingerprint density at radius 2 is 2.18 bits per heavy atom. The number of hydrogen-bond acceptors (Lipinski definition) is 3. The van der Waals surface area contributed by atoms with Crippen molar-refractivity contribution in [3.63, 3.8) is 0 Å². The second-order valence-electron chi connectivity index (χ2n) is 4.54. The van der Waals surface area contributed by atoms with Gasteiger partial charge in [0, 0.05) is 12.6 Å². The molecule has 1 aliphatic carbocycles. The van der Waals surface area contributed by atoms with E-state index in [-0.39, 0.29) is 0 Å². The molecule has 1 saturated carbocycles. The second-order valence-corrected chi connectivity index (χ2v) is 5.33. The molecule has 1 heterocycles. The van der Waals surface area contributed by atoms with Gasteiger partial charge in [-0.15, -0.1) is 0 Å². The van der Waals surface area contributed by atoms with Gasteiger partial charge in [0.25, 0.3) is 0 Å². The number of rotatable bonds is 5. The van der Waals surface area contributed by atoms with Crippen molar-refractivity contribution in [2.45, 2.75) is 58.4 Å². The molecule has 0 bridgehead atoms. The second kappa shape index (κ2) is 5.50. The van der Waals surface area contributed by atoms with Gasteiger partial charge in [-0.2, -0.15) is 5.10 Å². The Morgan fingerprint density at radius 1 is 1.47 bits per heavy atom. The molecular weight excluding hydrogens is 282 g/mol. The Morgan fingerprint density at radius 3 is 2.71 bits per heavy atom. The Bertz CT molecular complexity index is 385. The van der Waals surface area contributed by atoms with Gasteiger partial charge in [0.05, 0.1) is 28.6 Å². The standard InChI is InChI=1S/C12H20BrN3O/c1-3-10-12(13)11(16(4-2)15-10)7-17-9-5-8(14)6-9/h8-9H,3-7,14H2,1-2H3. The molecule has 0 amide bonds. The van der Waals surface area contributed by atoms with E-state index in [1.165, 1.54) is 0 Å². The summed E-state index contributed by atoms with van der Waals surface area (Å²) >= 11 is 3.62. The van der Waals surface area contributed by atoms with Crippen molar-refractivity contribution in [2.24, 2.45) is 5.73 Å². The van der Waals surface area contributed by atoms with E-state index < -0.39 is 0 Å². The van der Waals surface area contributed by atoms with Gasteiger partial charge in [0.1, 0.15) is 0 Å². The number of ether oxygens (including phenoxy) is 1. The molecule has 1 aromatic rings. The van der Waals surface area contributed by atoms with Crippen LogP contribution in [0.1, 0.15) is 38.1 Å². The van der Waals surface area contributed by atoms with Crippen LogP contribution in [0, 0.1) is 0 Å². The molecule has 96 valence electrons. The minimum Gasteiger partial charge on any atom is -0.372 e. The fourth-order valence-corrected chi connectivity index (χ4v) is 2.77. The maximum Gasteiger partial charge on any atom is 0.0900 e. The first kappa shape index (κ1) is 13.1. The molecule has 17 heavy (non-hydrogen) atoms. The van der Waals surface area contributed by atoms with Crippen LogP contribution in [-0.2, 0) is 24.3 Å². The van der Waals surface area contributed by atoms with Gasteiger partial charge in [-0.3, -0.25) is 4.68 Å². The van der Waals surface area contributed by atoms with Crippen LogP contribution in [0.4, 0.5) is 0 Å². The smallest absolute Gasteiger partial charge is 0.0900 e. The highest BCUT2D eigenvalue weighted by atomic mass is 79.9. The largest absolute Gasteiger partial charge is 0.372 e. The van der Waals surface area contributed by atoms with E-state index in [2.05, 4.69) is 34.9 Å². The lowest BCUT2D eigenvalue weighted by atomic mass is 9.90. The number of aromatic nitrogens is 2. The first-order chi connectivity index (χ1) is 8.15. The van der Waals surface area contributed by atoms with E-state index in [1.54, 1.807) is 0 Å². The van der Waals surface area contributed by atoms with Crippen LogP contribution < -0.4 is 5.73 Å². The van der Waals surface area contributed by atoms with Crippen LogP contribution >= 0.6 is 15.9 Å². The molecular formula is C12H20BrN3O. The van der Waals surface area contributed by atoms with E-state index >= 15 is 0 Å². The highest BCUT2D eigenvalue weighted by Gasteiger charge is 2.27. The highest BCUT2D eigenvalue weighted by molar-refractivity contribution is 9.10. The van der Waals surface area contributed by atoms with E-state index in [9.17, 15) is 0 Å². The van der Waals surface area contributed by atoms with Gasteiger partial charge >= 0.3 is 0 Å². The summed E-state index contributed by atoms with van der Waals surface area (Å²) in [6, 6.07) is 0.339. The number of halogens is 1. The van der Waals surface area contributed by atoms with Crippen molar-refractivity contribution in [3.8, 4) is 0 Å². The van der Waals surface area contributed by atoms with Gasteiger partial charge in [0.2, 0.25) is 0 Å². The monoisotopic (exact) mass is 301 g/mol. The Balaban J connectivity index is 2.01. The molecule has 0 atom stereocenters. The maximum atomic E-state index is 5.84. The minimum atomic E-state index is 0.335. The zero-order valence-corrected chi connectivity index (χ0v) is 12.0. The molecule has 4 nitrogen and oxygen atoms in total. The molecule has 0 aliphatic heterocycles. The van der Waals surface area contributed by atoms with Crippen molar-refractivity contribution >= 4 is 15.9 Å². The van der Waals surface area contributed by atoms with Gasteiger partial charge < -0.3 is 10.5 Å². The number of nitrogens with zero attached hydrogens (tertiary/aromatic N) is 2. The van der Waals surface area contributed by atoms with Gasteiger partial charge in [-0.25, -0.2) is 0 Å². The highest BCUT2D eigenvalue weighted by Crippen LogP contribution is 2.26. The lowest BCUT2D eigenvalue weighted by Crippen LogP contribution is -2.41. The van der Waals surface area contributed by atoms with Crippen molar-refractivity contribution in [3.05, 3.63) is 15.9 Å². The summed E-state index contributed by atoms with van der Waals surface area (Å²) in [6.45, 7) is 5.71. The van der Waals surface area contributed by atoms with Crippen molar-refractivity contribution in [2.75, 3.05) is 0 Å². The lowest BCUT2D eigenvalue weighted by molar-refractivity contribution is -0.0217. The average molecular weight is 302 g/mol. The van der Waals surface area contributed by atoms with E-state index in [0.29, 0.717) is 18.8 Å². The molecule has 5 heteroatoms. The third-order valence-electron chi connectivity index (χ3n) is 3.28. The van der Waals surface area contributed by atoms with Crippen LogP contribution in [0.3, 0.4) is 0 Å². The zero-order valence-electron chi connectivity index (χ0n) is 10.4. The van der Waals surface area contributed by atoms with Crippen molar-refractivity contribution < 1.29 is 4.74 Å². The molecule has 0 spiro atoms. The summed E-state index contributed by atoms with van der Waals surface area (Å²) in [5.74, 6) is 0. The molecule has 0 aromatic carbocycles. The summed E-state index contributed by atoms with van der Waals surface area (Å²) in [5.41, 5.74) is 7.99. The summed E-state index contributed by atoms with van der Waals surface area (Å²) < 4.78 is 8.96. The fourth-order valence-electron chi connectivity index (χ4n) is 2.09. The molecule has 1 fully saturated rings. The van der Waals surface area contributed by atoms with Crippen LogP contribution in [0.15, 0.2) is 4.47 Å². The third-order valence-corrected chi connectivity index (χ3v) is 4.20. The average Bonchev–Trinajstić information content (AvgIpc) is 2.59. The first-order valence-corrected chi connectivity index (χ1v) is 7.06. The fraction of sp³-hybridized carbons (Fsp3) is 0.750. The van der Waals surface area contributed by atoms with Crippen LogP contribution in [0.5, 0.6) is 0 Å². The van der Waals surface area contributed by atoms with Crippen LogP contribution in [-0.4, -0.2) is 21.9 Å². The number of hydrogen-bond donors (Lipinski definition) is 1. The SMILES string of the molecule is CCc1nn(CC)c(COC2CC(N)C2)c1Br. The van der Waals surface area contributed by atoms with E-state index in [1.807, 2.05) is 4.68 Å². The Hall–Kier alpha value is -0.390. The molecule has 1 aromatic heterocycles. The van der Waals surface area contributed by atoms with Crippen LogP contribution in [0.25, 0.3) is 0 Å². The molecule has 2 rings (SSSR count). The van der Waals surface area contributed by atoms with E-state index in [4.69, 9.17) is 10.5 Å². The van der Waals surface area contributed by atoms with Crippen molar-refractivity contribution in [1.29, 1.82) is 0 Å². The molecule has 0 unspecified atom stereocenters. The molecule has 2 N–H and O–H groups in total. The van der Waals surface area contributed by atoms with Gasteiger partial charge in [0.15, 0.2) is 0 Å². The Labute approximate surface area is 111 Å². The summed E-state index contributed by atoms with van der Waals surface area (Å²) in [5, 5.41) is 4.55. The van der Waals surface area contributed by atoms with Gasteiger partial charge in [-0.1, -0.05) is 6.92 Å². The number of nitrogens with two attached hydrogens (primary N) is 1. The first-order valence-electron chi connectivity index (χ1n) is 6.26. The van der Waals surface area contributed by atoms with E-state index in [0.717, 1.165) is 41.7 Å². The molecule has 1 aliphatic rings. The van der Waals surface area contributed by atoms with Gasteiger partial charge in [-0.05, 0) is 42.1 Å². The zero-order chi connectivity index (χ0) is 12.4. The molecule has 0 radical (unpaired) electrons. The normalized spacial score (nSPS) is 23.8. The summed E-state index contributed by atoms with van der Waals surface area (Å²) in [7, 11) is 0. The quantitative estimate of drug-likeness (QED) is 0.907. The maximum absolute atomic E-state index is 5.84. The van der Waals surface area contributed by atoms with Crippen molar-refractivity contribution in [1.82, 2.24) is 9.78 Å². The predicted octanol–water partition coefficient (Wildman–Crippen LogP) is 2.23. The minimum absolute atomic E-state index is 0.335. The number of aryl methyl sites for hydroxylation is 2. The Kier molecular flexibility index (Phi) is 4.22. The summed E-state index contributed by atoms with van der Waals surface area (Å²) in [4.78, 5) is 0. The lowest BCUT2D eigenvalue weighted by Gasteiger charge is -2.32.